The zero-order valence-corrected chi connectivity index (χ0v) is 10.5. The Kier molecular flexibility index (Phi) is 2.48. The molecule has 2 nitrogen and oxygen atoms in total. The van der Waals surface area contributed by atoms with Crippen molar-refractivity contribution in [3.05, 3.63) is 40.6 Å². The summed E-state index contributed by atoms with van der Waals surface area (Å²) in [5.74, 6) is 0.644. The number of allylic oxidation sites excluding steroid dienone is 2. The maximum absolute atomic E-state index is 11.5. The van der Waals surface area contributed by atoms with E-state index >= 15 is 0 Å². The van der Waals surface area contributed by atoms with Crippen LogP contribution in [0, 0.1) is 5.92 Å². The quantitative estimate of drug-likeness (QED) is 0.702. The lowest BCUT2D eigenvalue weighted by atomic mass is 9.88. The molecule has 1 aromatic rings. The Bertz CT molecular complexity index is 521. The van der Waals surface area contributed by atoms with E-state index in [1.807, 2.05) is 18.2 Å². The molecular weight excluding hydrogens is 234 g/mol. The number of benzene rings is 1. The highest BCUT2D eigenvalue weighted by atomic mass is 35.5. The lowest BCUT2D eigenvalue weighted by Crippen LogP contribution is -2.37. The number of carbonyl (C=O) groups excluding carboxylic acids is 1. The van der Waals surface area contributed by atoms with Gasteiger partial charge < -0.3 is 4.90 Å². The first-order chi connectivity index (χ1) is 8.15. The number of rotatable bonds is 0. The maximum Gasteiger partial charge on any atom is 0.159 e. The number of carbonyl (C=O) groups is 1. The van der Waals surface area contributed by atoms with E-state index in [1.54, 1.807) is 0 Å². The molecule has 0 N–H and O–H groups in total. The van der Waals surface area contributed by atoms with Crippen LogP contribution in [0.1, 0.15) is 18.9 Å². The summed E-state index contributed by atoms with van der Waals surface area (Å²) in [6, 6.07) is 6.03. The Morgan fingerprint density at radius 1 is 1.41 bits per heavy atom. The SMILES string of the molecule is C[C@@H]1Cc2cc(Cl)ccc2N2CCC(=O)C=C12. The predicted molar refractivity (Wildman–Crippen MR) is 69.4 cm³/mol. The van der Waals surface area contributed by atoms with Gasteiger partial charge in [0, 0.05) is 41.4 Å². The molecule has 0 fully saturated rings. The average molecular weight is 248 g/mol. The number of nitrogens with zero attached hydrogens (tertiary/aromatic N) is 1. The predicted octanol–water partition coefficient (Wildman–Crippen LogP) is 3.20. The fourth-order valence-corrected chi connectivity index (χ4v) is 2.94. The first kappa shape index (κ1) is 10.8. The molecule has 0 bridgehead atoms. The molecule has 0 saturated heterocycles. The number of hydrogen-bond acceptors (Lipinski definition) is 2. The van der Waals surface area contributed by atoms with Crippen LogP contribution in [0.25, 0.3) is 0 Å². The minimum absolute atomic E-state index is 0.250. The van der Waals surface area contributed by atoms with Crippen molar-refractivity contribution in [2.75, 3.05) is 11.4 Å². The molecule has 0 amide bonds. The molecule has 0 radical (unpaired) electrons. The monoisotopic (exact) mass is 247 g/mol. The van der Waals surface area contributed by atoms with E-state index in [4.69, 9.17) is 11.6 Å². The van der Waals surface area contributed by atoms with Crippen LogP contribution >= 0.6 is 11.6 Å². The van der Waals surface area contributed by atoms with E-state index in [0.717, 1.165) is 23.7 Å². The first-order valence-corrected chi connectivity index (χ1v) is 6.33. The number of halogens is 1. The van der Waals surface area contributed by atoms with Crippen LogP contribution in [-0.4, -0.2) is 12.3 Å². The molecular formula is C14H14ClNO. The molecule has 0 unspecified atom stereocenters. The van der Waals surface area contributed by atoms with Crippen LogP contribution in [0.2, 0.25) is 5.02 Å². The number of fused-ring (bicyclic) bond motifs is 3. The molecule has 88 valence electrons. The van der Waals surface area contributed by atoms with Gasteiger partial charge in [-0.3, -0.25) is 4.79 Å². The van der Waals surface area contributed by atoms with Crippen molar-refractivity contribution in [3.63, 3.8) is 0 Å². The van der Waals surface area contributed by atoms with Crippen molar-refractivity contribution in [1.29, 1.82) is 0 Å². The Hall–Kier alpha value is -1.28. The van der Waals surface area contributed by atoms with Gasteiger partial charge in [-0.2, -0.15) is 0 Å². The highest BCUT2D eigenvalue weighted by Gasteiger charge is 2.29. The molecule has 0 saturated carbocycles. The van der Waals surface area contributed by atoms with Gasteiger partial charge in [0.25, 0.3) is 0 Å². The molecule has 3 heteroatoms. The Morgan fingerprint density at radius 3 is 3.06 bits per heavy atom. The van der Waals surface area contributed by atoms with Gasteiger partial charge in [0.15, 0.2) is 5.78 Å². The van der Waals surface area contributed by atoms with E-state index in [0.29, 0.717) is 12.3 Å². The van der Waals surface area contributed by atoms with E-state index in [2.05, 4.69) is 17.9 Å². The summed E-state index contributed by atoms with van der Waals surface area (Å²) >= 11 is 6.04. The highest BCUT2D eigenvalue weighted by Crippen LogP contribution is 2.38. The minimum atomic E-state index is 0.250. The van der Waals surface area contributed by atoms with Crippen LogP contribution < -0.4 is 4.90 Å². The zero-order chi connectivity index (χ0) is 12.0. The molecule has 1 atom stereocenters. The summed E-state index contributed by atoms with van der Waals surface area (Å²) in [4.78, 5) is 13.8. The smallest absolute Gasteiger partial charge is 0.159 e. The third-order valence-electron chi connectivity index (χ3n) is 3.57. The van der Waals surface area contributed by atoms with E-state index < -0.39 is 0 Å². The Labute approximate surface area is 106 Å². The molecule has 0 spiro atoms. The highest BCUT2D eigenvalue weighted by molar-refractivity contribution is 6.30. The zero-order valence-electron chi connectivity index (χ0n) is 9.74. The maximum atomic E-state index is 11.5. The second-order valence-corrected chi connectivity index (χ2v) is 5.25. The number of ketones is 1. The van der Waals surface area contributed by atoms with Crippen molar-refractivity contribution < 1.29 is 4.79 Å². The van der Waals surface area contributed by atoms with Gasteiger partial charge >= 0.3 is 0 Å². The van der Waals surface area contributed by atoms with Crippen molar-refractivity contribution >= 4 is 23.1 Å². The van der Waals surface area contributed by atoms with Crippen LogP contribution in [-0.2, 0) is 11.2 Å². The Morgan fingerprint density at radius 2 is 2.24 bits per heavy atom. The Balaban J connectivity index is 2.12. The minimum Gasteiger partial charge on any atom is -0.344 e. The van der Waals surface area contributed by atoms with Gasteiger partial charge in [-0.05, 0) is 30.2 Å². The van der Waals surface area contributed by atoms with Crippen LogP contribution in [0.3, 0.4) is 0 Å². The van der Waals surface area contributed by atoms with Crippen LogP contribution in [0.15, 0.2) is 30.0 Å². The first-order valence-electron chi connectivity index (χ1n) is 5.95. The molecule has 2 aliphatic rings. The third kappa shape index (κ3) is 1.77. The van der Waals surface area contributed by atoms with Crippen molar-refractivity contribution in [3.8, 4) is 0 Å². The molecule has 2 heterocycles. The fourth-order valence-electron chi connectivity index (χ4n) is 2.75. The van der Waals surface area contributed by atoms with Gasteiger partial charge in [0.2, 0.25) is 0 Å². The summed E-state index contributed by atoms with van der Waals surface area (Å²) in [6.45, 7) is 2.96. The molecule has 2 aliphatic heterocycles. The second-order valence-electron chi connectivity index (χ2n) is 4.82. The van der Waals surface area contributed by atoms with Crippen LogP contribution in [0.5, 0.6) is 0 Å². The van der Waals surface area contributed by atoms with Crippen LogP contribution in [0.4, 0.5) is 5.69 Å². The molecule has 3 rings (SSSR count). The number of hydrogen-bond donors (Lipinski definition) is 0. The van der Waals surface area contributed by atoms with E-state index in [-0.39, 0.29) is 5.78 Å². The van der Waals surface area contributed by atoms with E-state index in [1.165, 1.54) is 11.3 Å². The second kappa shape index (κ2) is 3.88. The molecule has 17 heavy (non-hydrogen) atoms. The largest absolute Gasteiger partial charge is 0.344 e. The fraction of sp³-hybridized carbons (Fsp3) is 0.357. The summed E-state index contributed by atoms with van der Waals surface area (Å²) in [5.41, 5.74) is 3.67. The third-order valence-corrected chi connectivity index (χ3v) is 3.80. The topological polar surface area (TPSA) is 20.3 Å². The molecule has 0 aliphatic carbocycles. The van der Waals surface area contributed by atoms with Gasteiger partial charge in [-0.1, -0.05) is 18.5 Å². The lowest BCUT2D eigenvalue weighted by molar-refractivity contribution is -0.114. The summed E-state index contributed by atoms with van der Waals surface area (Å²) in [6.07, 6.45) is 3.38. The summed E-state index contributed by atoms with van der Waals surface area (Å²) < 4.78 is 0. The van der Waals surface area contributed by atoms with Gasteiger partial charge in [-0.25, -0.2) is 0 Å². The van der Waals surface area contributed by atoms with Gasteiger partial charge in [0.1, 0.15) is 0 Å². The van der Waals surface area contributed by atoms with Crippen molar-refractivity contribution in [2.45, 2.75) is 19.8 Å². The van der Waals surface area contributed by atoms with Gasteiger partial charge in [0.05, 0.1) is 0 Å². The summed E-state index contributed by atoms with van der Waals surface area (Å²) in [7, 11) is 0. The standard InChI is InChI=1S/C14H14ClNO/c1-9-6-10-7-11(15)2-3-13(10)16-5-4-12(17)8-14(9)16/h2-3,7-9H,4-6H2,1H3/t9-/m1/s1. The lowest BCUT2D eigenvalue weighted by Gasteiger charge is -2.39. The van der Waals surface area contributed by atoms with E-state index in [9.17, 15) is 4.79 Å². The van der Waals surface area contributed by atoms with Gasteiger partial charge in [-0.15, -0.1) is 0 Å². The molecule has 0 aromatic heterocycles. The average Bonchev–Trinajstić information content (AvgIpc) is 2.29. The van der Waals surface area contributed by atoms with Crippen molar-refractivity contribution in [1.82, 2.24) is 0 Å². The van der Waals surface area contributed by atoms with Crippen molar-refractivity contribution in [2.24, 2.45) is 5.92 Å². The summed E-state index contributed by atoms with van der Waals surface area (Å²) in [5, 5.41) is 0.788. The normalized spacial score (nSPS) is 22.9. The molecule has 1 aromatic carbocycles. The number of anilines is 1.